The zero-order valence-corrected chi connectivity index (χ0v) is 18.5. The zero-order chi connectivity index (χ0) is 23.5. The van der Waals surface area contributed by atoms with Gasteiger partial charge in [-0.1, -0.05) is 6.07 Å². The first-order valence-electron chi connectivity index (χ1n) is 10.6. The average molecular weight is 448 g/mol. The maximum absolute atomic E-state index is 13.6. The second-order valence-electron chi connectivity index (χ2n) is 7.97. The normalized spacial score (nSPS) is 15.8. The van der Waals surface area contributed by atoms with Crippen LogP contribution >= 0.6 is 0 Å². The molecular formula is C24H24N4O5. The molecule has 1 aliphatic heterocycles. The largest absolute Gasteiger partial charge is 0.493 e. The number of carbonyl (C=O) groups excluding carboxylic acids is 1. The molecule has 0 aliphatic carbocycles. The zero-order valence-electron chi connectivity index (χ0n) is 18.5. The summed E-state index contributed by atoms with van der Waals surface area (Å²) in [6, 6.07) is 11.7. The number of fused-ring (bicyclic) bond motifs is 1. The van der Waals surface area contributed by atoms with Gasteiger partial charge >= 0.3 is 5.69 Å². The van der Waals surface area contributed by atoms with E-state index in [2.05, 4.69) is 6.07 Å². The van der Waals surface area contributed by atoms with Gasteiger partial charge in [0.1, 0.15) is 0 Å². The number of ether oxygens (including phenoxy) is 2. The van der Waals surface area contributed by atoms with E-state index in [1.807, 2.05) is 0 Å². The number of hydrogen-bond donors (Lipinski definition) is 0. The molecule has 0 saturated carbocycles. The molecule has 0 bridgehead atoms. The number of nitriles is 1. The first kappa shape index (κ1) is 22.1. The predicted molar refractivity (Wildman–Crippen MR) is 122 cm³/mol. The van der Waals surface area contributed by atoms with Crippen molar-refractivity contribution < 1.29 is 14.3 Å². The third-order valence-corrected chi connectivity index (χ3v) is 6.03. The van der Waals surface area contributed by atoms with Gasteiger partial charge in [0, 0.05) is 13.1 Å². The molecule has 1 fully saturated rings. The molecule has 1 aliphatic rings. The molecule has 33 heavy (non-hydrogen) atoms. The number of piperidine rings is 1. The number of carbonyl (C=O) groups is 1. The van der Waals surface area contributed by atoms with Gasteiger partial charge < -0.3 is 14.4 Å². The number of rotatable bonds is 6. The van der Waals surface area contributed by atoms with Crippen molar-refractivity contribution in [1.82, 2.24) is 14.0 Å². The maximum Gasteiger partial charge on any atom is 0.332 e. The van der Waals surface area contributed by atoms with Gasteiger partial charge in [0.25, 0.3) is 5.56 Å². The van der Waals surface area contributed by atoms with Gasteiger partial charge in [-0.05, 0) is 48.7 Å². The van der Waals surface area contributed by atoms with E-state index in [9.17, 15) is 19.6 Å². The minimum Gasteiger partial charge on any atom is -0.493 e. The summed E-state index contributed by atoms with van der Waals surface area (Å²) in [5.74, 6) is 1.03. The smallest absolute Gasteiger partial charge is 0.332 e. The third-order valence-electron chi connectivity index (χ3n) is 6.03. The SMILES string of the molecule is COc1ccc(Cn2c(=O)c3cc(C#N)ccc3n(C3CCCN(C=O)C3)c2=O)cc1OC. The number of aromatic nitrogens is 2. The van der Waals surface area contributed by atoms with Crippen LogP contribution in [0.5, 0.6) is 11.5 Å². The highest BCUT2D eigenvalue weighted by Crippen LogP contribution is 2.28. The summed E-state index contributed by atoms with van der Waals surface area (Å²) in [6.45, 7) is 1.04. The van der Waals surface area contributed by atoms with E-state index >= 15 is 0 Å². The molecule has 0 radical (unpaired) electrons. The Morgan fingerprint density at radius 3 is 2.61 bits per heavy atom. The lowest BCUT2D eigenvalue weighted by Crippen LogP contribution is -2.45. The number of likely N-dealkylation sites (tertiary alicyclic amines) is 1. The van der Waals surface area contributed by atoms with Crippen LogP contribution in [0, 0.1) is 11.3 Å². The summed E-state index contributed by atoms with van der Waals surface area (Å²) in [6.07, 6.45) is 2.24. The Morgan fingerprint density at radius 2 is 1.91 bits per heavy atom. The summed E-state index contributed by atoms with van der Waals surface area (Å²) in [5.41, 5.74) is 0.559. The van der Waals surface area contributed by atoms with Crippen LogP contribution in [0.15, 0.2) is 46.0 Å². The van der Waals surface area contributed by atoms with Crippen molar-refractivity contribution in [3.05, 3.63) is 68.4 Å². The van der Waals surface area contributed by atoms with Crippen molar-refractivity contribution >= 4 is 17.3 Å². The highest BCUT2D eigenvalue weighted by molar-refractivity contribution is 5.79. The first-order chi connectivity index (χ1) is 16.0. The van der Waals surface area contributed by atoms with E-state index in [1.165, 1.54) is 24.9 Å². The Hall–Kier alpha value is -4.06. The molecule has 1 unspecified atom stereocenters. The van der Waals surface area contributed by atoms with E-state index in [4.69, 9.17) is 9.47 Å². The summed E-state index contributed by atoms with van der Waals surface area (Å²) in [7, 11) is 3.05. The Labute approximate surface area is 190 Å². The second kappa shape index (κ2) is 9.20. The van der Waals surface area contributed by atoms with Crippen molar-refractivity contribution in [2.24, 2.45) is 0 Å². The van der Waals surface area contributed by atoms with Crippen molar-refractivity contribution in [2.45, 2.75) is 25.4 Å². The topological polar surface area (TPSA) is 107 Å². The molecule has 4 rings (SSSR count). The molecule has 2 heterocycles. The van der Waals surface area contributed by atoms with Crippen LogP contribution in [0.4, 0.5) is 0 Å². The molecule has 1 aromatic heterocycles. The summed E-state index contributed by atoms with van der Waals surface area (Å²) in [4.78, 5) is 40.0. The molecule has 0 N–H and O–H groups in total. The third kappa shape index (κ3) is 4.07. The van der Waals surface area contributed by atoms with Crippen LogP contribution in [0.3, 0.4) is 0 Å². The fourth-order valence-corrected chi connectivity index (χ4v) is 4.40. The van der Waals surface area contributed by atoms with Crippen LogP contribution in [-0.2, 0) is 11.3 Å². The highest BCUT2D eigenvalue weighted by Gasteiger charge is 2.25. The van der Waals surface area contributed by atoms with E-state index < -0.39 is 11.2 Å². The molecule has 9 nitrogen and oxygen atoms in total. The summed E-state index contributed by atoms with van der Waals surface area (Å²) >= 11 is 0. The second-order valence-corrected chi connectivity index (χ2v) is 7.97. The molecule has 0 spiro atoms. The van der Waals surface area contributed by atoms with E-state index in [-0.39, 0.29) is 18.0 Å². The maximum atomic E-state index is 13.6. The van der Waals surface area contributed by atoms with E-state index in [0.717, 1.165) is 12.8 Å². The van der Waals surface area contributed by atoms with Gasteiger partial charge in [-0.3, -0.25) is 18.7 Å². The predicted octanol–water partition coefficient (Wildman–Crippen LogP) is 1.89. The van der Waals surface area contributed by atoms with Crippen molar-refractivity contribution in [2.75, 3.05) is 27.3 Å². The fraction of sp³-hybridized carbons (Fsp3) is 0.333. The van der Waals surface area contributed by atoms with Gasteiger partial charge in [0.2, 0.25) is 6.41 Å². The Balaban J connectivity index is 1.91. The molecule has 1 amide bonds. The molecule has 3 aromatic rings. The Morgan fingerprint density at radius 1 is 1.12 bits per heavy atom. The molecular weight excluding hydrogens is 424 g/mol. The monoisotopic (exact) mass is 448 g/mol. The lowest BCUT2D eigenvalue weighted by atomic mass is 10.0. The Bertz CT molecular complexity index is 1370. The first-order valence-corrected chi connectivity index (χ1v) is 10.6. The van der Waals surface area contributed by atoms with Crippen LogP contribution < -0.4 is 20.7 Å². The molecule has 9 heteroatoms. The Kier molecular flexibility index (Phi) is 6.18. The molecule has 2 aromatic carbocycles. The number of methoxy groups -OCH3 is 2. The highest BCUT2D eigenvalue weighted by atomic mass is 16.5. The standard InChI is InChI=1S/C24H24N4O5/c1-32-21-8-6-17(11-22(21)33-2)13-27-23(30)19-10-16(12-25)5-7-20(19)28(24(27)31)18-4-3-9-26(14-18)15-29/h5-8,10-11,15,18H,3-4,9,13-14H2,1-2H3. The summed E-state index contributed by atoms with van der Waals surface area (Å²) < 4.78 is 13.4. The van der Waals surface area contributed by atoms with Crippen molar-refractivity contribution in [3.63, 3.8) is 0 Å². The van der Waals surface area contributed by atoms with Crippen LogP contribution in [0.2, 0.25) is 0 Å². The lowest BCUT2D eigenvalue weighted by Gasteiger charge is -2.32. The van der Waals surface area contributed by atoms with Crippen LogP contribution in [0.25, 0.3) is 10.9 Å². The van der Waals surface area contributed by atoms with Gasteiger partial charge in [-0.2, -0.15) is 5.26 Å². The van der Waals surface area contributed by atoms with Gasteiger partial charge in [-0.25, -0.2) is 4.79 Å². The van der Waals surface area contributed by atoms with E-state index in [1.54, 1.807) is 39.8 Å². The number of hydrogen-bond acceptors (Lipinski definition) is 6. The number of nitrogens with zero attached hydrogens (tertiary/aromatic N) is 4. The quantitative estimate of drug-likeness (QED) is 0.533. The summed E-state index contributed by atoms with van der Waals surface area (Å²) in [5, 5.41) is 9.63. The average Bonchev–Trinajstić information content (AvgIpc) is 2.86. The minimum atomic E-state index is -0.471. The van der Waals surface area contributed by atoms with Crippen LogP contribution in [-0.4, -0.2) is 47.8 Å². The van der Waals surface area contributed by atoms with Gasteiger partial charge in [0.05, 0.1) is 49.3 Å². The van der Waals surface area contributed by atoms with Gasteiger partial charge in [0.15, 0.2) is 11.5 Å². The van der Waals surface area contributed by atoms with Gasteiger partial charge in [-0.15, -0.1) is 0 Å². The minimum absolute atomic E-state index is 0.0227. The molecule has 170 valence electrons. The fourth-order valence-electron chi connectivity index (χ4n) is 4.40. The number of amides is 1. The number of benzene rings is 2. The van der Waals surface area contributed by atoms with E-state index in [0.29, 0.717) is 47.7 Å². The molecule has 1 saturated heterocycles. The lowest BCUT2D eigenvalue weighted by molar-refractivity contribution is -0.119. The molecule has 1 atom stereocenters. The van der Waals surface area contributed by atoms with Crippen molar-refractivity contribution in [3.8, 4) is 17.6 Å². The van der Waals surface area contributed by atoms with Crippen molar-refractivity contribution in [1.29, 1.82) is 5.26 Å². The van der Waals surface area contributed by atoms with Crippen LogP contribution in [0.1, 0.15) is 30.0 Å².